The highest BCUT2D eigenvalue weighted by Gasteiger charge is 2.04. The molecular formula is C11H8N6S. The summed E-state index contributed by atoms with van der Waals surface area (Å²) < 4.78 is 0.209. The number of benzene rings is 1. The third-order valence-electron chi connectivity index (χ3n) is 2.41. The molecule has 0 unspecified atom stereocenters. The molecule has 0 aliphatic heterocycles. The molecule has 88 valence electrons. The molecule has 7 heteroatoms. The highest BCUT2D eigenvalue weighted by molar-refractivity contribution is 7.71. The van der Waals surface area contributed by atoms with Crippen LogP contribution in [0.1, 0.15) is 0 Å². The summed E-state index contributed by atoms with van der Waals surface area (Å²) in [6.45, 7) is 0. The molecule has 1 aromatic carbocycles. The SMILES string of the molecule is Nc1nc(=S)nc(-c2ccc3nccnc3c2)[nH]1. The van der Waals surface area contributed by atoms with E-state index < -0.39 is 0 Å². The van der Waals surface area contributed by atoms with Crippen molar-refractivity contribution in [1.82, 2.24) is 24.9 Å². The summed E-state index contributed by atoms with van der Waals surface area (Å²) >= 11 is 4.93. The summed E-state index contributed by atoms with van der Waals surface area (Å²) in [6, 6.07) is 5.62. The smallest absolute Gasteiger partial charge is 0.224 e. The zero-order valence-electron chi connectivity index (χ0n) is 9.16. The van der Waals surface area contributed by atoms with E-state index in [2.05, 4.69) is 24.9 Å². The number of nitrogens with two attached hydrogens (primary N) is 1. The number of aromatic nitrogens is 5. The highest BCUT2D eigenvalue weighted by Crippen LogP contribution is 2.19. The van der Waals surface area contributed by atoms with Crippen LogP contribution >= 0.6 is 12.2 Å². The zero-order valence-corrected chi connectivity index (χ0v) is 9.98. The topological polar surface area (TPSA) is 93.4 Å². The van der Waals surface area contributed by atoms with Crippen molar-refractivity contribution in [2.24, 2.45) is 0 Å². The van der Waals surface area contributed by atoms with E-state index in [-0.39, 0.29) is 10.7 Å². The first kappa shape index (κ1) is 10.7. The number of fused-ring (bicyclic) bond motifs is 1. The van der Waals surface area contributed by atoms with Crippen LogP contribution in [-0.2, 0) is 0 Å². The van der Waals surface area contributed by atoms with Crippen LogP contribution in [0, 0.1) is 4.77 Å². The molecule has 0 aliphatic rings. The number of rotatable bonds is 1. The van der Waals surface area contributed by atoms with Gasteiger partial charge in [-0.1, -0.05) is 0 Å². The highest BCUT2D eigenvalue weighted by atomic mass is 32.1. The molecule has 6 nitrogen and oxygen atoms in total. The summed E-state index contributed by atoms with van der Waals surface area (Å²) in [5.74, 6) is 0.810. The molecule has 3 aromatic rings. The number of hydrogen-bond donors (Lipinski definition) is 2. The number of nitrogens with zero attached hydrogens (tertiary/aromatic N) is 4. The van der Waals surface area contributed by atoms with E-state index in [0.717, 1.165) is 16.6 Å². The Balaban J connectivity index is 2.22. The molecule has 0 saturated heterocycles. The van der Waals surface area contributed by atoms with Crippen molar-refractivity contribution in [3.8, 4) is 11.4 Å². The van der Waals surface area contributed by atoms with Crippen molar-refractivity contribution in [1.29, 1.82) is 0 Å². The van der Waals surface area contributed by atoms with E-state index in [1.807, 2.05) is 18.2 Å². The van der Waals surface area contributed by atoms with Crippen LogP contribution in [0.2, 0.25) is 0 Å². The van der Waals surface area contributed by atoms with Gasteiger partial charge in [-0.05, 0) is 30.4 Å². The number of aromatic amines is 1. The molecule has 3 N–H and O–H groups in total. The third kappa shape index (κ3) is 1.91. The molecule has 2 aromatic heterocycles. The Labute approximate surface area is 107 Å². The minimum atomic E-state index is 0.209. The van der Waals surface area contributed by atoms with Gasteiger partial charge in [0.2, 0.25) is 10.7 Å². The van der Waals surface area contributed by atoms with Crippen LogP contribution in [0.4, 0.5) is 5.95 Å². The summed E-state index contributed by atoms with van der Waals surface area (Å²) in [5, 5.41) is 0. The fourth-order valence-electron chi connectivity index (χ4n) is 1.65. The van der Waals surface area contributed by atoms with E-state index in [1.54, 1.807) is 12.4 Å². The molecule has 0 atom stereocenters. The summed E-state index contributed by atoms with van der Waals surface area (Å²) in [7, 11) is 0. The normalized spacial score (nSPS) is 10.7. The first-order valence-electron chi connectivity index (χ1n) is 5.17. The number of H-pyrrole nitrogens is 1. The van der Waals surface area contributed by atoms with E-state index in [9.17, 15) is 0 Å². The van der Waals surface area contributed by atoms with Gasteiger partial charge in [-0.3, -0.25) is 9.97 Å². The predicted octanol–water partition coefficient (Wildman–Crippen LogP) is 1.73. The van der Waals surface area contributed by atoms with Gasteiger partial charge in [0, 0.05) is 18.0 Å². The lowest BCUT2D eigenvalue weighted by Crippen LogP contribution is -1.99. The lowest BCUT2D eigenvalue weighted by molar-refractivity contribution is 1.05. The molecular weight excluding hydrogens is 248 g/mol. The second kappa shape index (κ2) is 4.11. The maximum absolute atomic E-state index is 5.61. The molecule has 18 heavy (non-hydrogen) atoms. The maximum atomic E-state index is 5.61. The first-order chi connectivity index (χ1) is 8.72. The molecule has 0 bridgehead atoms. The van der Waals surface area contributed by atoms with Crippen molar-refractivity contribution in [3.05, 3.63) is 35.4 Å². The van der Waals surface area contributed by atoms with Gasteiger partial charge in [0.05, 0.1) is 11.0 Å². The van der Waals surface area contributed by atoms with Crippen LogP contribution in [0.25, 0.3) is 22.4 Å². The standard InChI is InChI=1S/C11H8N6S/c12-10-15-9(16-11(18)17-10)6-1-2-7-8(5-6)14-4-3-13-7/h1-5H,(H3,12,15,16,17,18). The Bertz CT molecular complexity index is 782. The van der Waals surface area contributed by atoms with Crippen LogP contribution in [0.3, 0.4) is 0 Å². The number of hydrogen-bond acceptors (Lipinski definition) is 6. The quantitative estimate of drug-likeness (QED) is 0.644. The second-order valence-electron chi connectivity index (χ2n) is 3.62. The second-order valence-corrected chi connectivity index (χ2v) is 3.99. The van der Waals surface area contributed by atoms with Crippen molar-refractivity contribution in [2.45, 2.75) is 0 Å². The number of nitrogen functional groups attached to an aromatic ring is 1. The Morgan fingerprint density at radius 3 is 2.61 bits per heavy atom. The minimum absolute atomic E-state index is 0.209. The average molecular weight is 256 g/mol. The zero-order chi connectivity index (χ0) is 12.5. The van der Waals surface area contributed by atoms with E-state index >= 15 is 0 Å². The van der Waals surface area contributed by atoms with Crippen molar-refractivity contribution in [3.63, 3.8) is 0 Å². The minimum Gasteiger partial charge on any atom is -0.369 e. The summed E-state index contributed by atoms with van der Waals surface area (Å²) in [6.07, 6.45) is 3.29. The van der Waals surface area contributed by atoms with Gasteiger partial charge in [-0.25, -0.2) is 4.98 Å². The number of anilines is 1. The largest absolute Gasteiger partial charge is 0.369 e. The average Bonchev–Trinajstić information content (AvgIpc) is 2.37. The number of nitrogens with one attached hydrogen (secondary N) is 1. The van der Waals surface area contributed by atoms with Crippen molar-refractivity contribution < 1.29 is 0 Å². The summed E-state index contributed by atoms with van der Waals surface area (Å²) in [5.41, 5.74) is 8.05. The van der Waals surface area contributed by atoms with Gasteiger partial charge in [-0.15, -0.1) is 0 Å². The molecule has 0 spiro atoms. The van der Waals surface area contributed by atoms with E-state index in [1.165, 1.54) is 0 Å². The lowest BCUT2D eigenvalue weighted by Gasteiger charge is -2.03. The van der Waals surface area contributed by atoms with Crippen LogP contribution in [0.5, 0.6) is 0 Å². The first-order valence-corrected chi connectivity index (χ1v) is 5.58. The molecule has 0 amide bonds. The molecule has 2 heterocycles. The predicted molar refractivity (Wildman–Crippen MR) is 70.2 cm³/mol. The van der Waals surface area contributed by atoms with Crippen molar-refractivity contribution in [2.75, 3.05) is 5.73 Å². The molecule has 3 rings (SSSR count). The molecule has 0 saturated carbocycles. The Hall–Kier alpha value is -2.41. The maximum Gasteiger partial charge on any atom is 0.224 e. The fraction of sp³-hybridized carbons (Fsp3) is 0. The fourth-order valence-corrected chi connectivity index (χ4v) is 1.84. The molecule has 0 aliphatic carbocycles. The van der Waals surface area contributed by atoms with E-state index in [0.29, 0.717) is 5.82 Å². The monoisotopic (exact) mass is 256 g/mol. The van der Waals surface area contributed by atoms with Gasteiger partial charge < -0.3 is 10.7 Å². The van der Waals surface area contributed by atoms with Gasteiger partial charge in [0.25, 0.3) is 0 Å². The third-order valence-corrected chi connectivity index (χ3v) is 2.60. The van der Waals surface area contributed by atoms with Crippen LogP contribution in [-0.4, -0.2) is 24.9 Å². The van der Waals surface area contributed by atoms with E-state index in [4.69, 9.17) is 18.0 Å². The molecule has 0 radical (unpaired) electrons. The Kier molecular flexibility index (Phi) is 2.45. The van der Waals surface area contributed by atoms with Gasteiger partial charge in [0.1, 0.15) is 5.82 Å². The Morgan fingerprint density at radius 1 is 1.06 bits per heavy atom. The summed E-state index contributed by atoms with van der Waals surface area (Å²) in [4.78, 5) is 19.3. The van der Waals surface area contributed by atoms with Gasteiger partial charge in [-0.2, -0.15) is 4.98 Å². The lowest BCUT2D eigenvalue weighted by atomic mass is 10.2. The molecule has 0 fully saturated rings. The Morgan fingerprint density at radius 2 is 1.83 bits per heavy atom. The van der Waals surface area contributed by atoms with Crippen molar-refractivity contribution >= 4 is 29.2 Å². The van der Waals surface area contributed by atoms with Gasteiger partial charge in [0.15, 0.2) is 0 Å². The van der Waals surface area contributed by atoms with Crippen LogP contribution < -0.4 is 5.73 Å². The van der Waals surface area contributed by atoms with Crippen LogP contribution in [0.15, 0.2) is 30.6 Å². The van der Waals surface area contributed by atoms with Gasteiger partial charge >= 0.3 is 0 Å².